The fraction of sp³-hybridized carbons (Fsp3) is 0.600. The number of carboxylic acid groups (broad SMARTS) is 4. The molecule has 0 unspecified atom stereocenters. The van der Waals surface area contributed by atoms with Gasteiger partial charge in [-0.1, -0.05) is 0 Å². The number of aliphatic carboxylic acids is 4. The molecule has 0 atom stereocenters. The van der Waals surface area contributed by atoms with Crippen LogP contribution in [-0.2, 0) is 40.2 Å². The first kappa shape index (κ1) is 24.5. The van der Waals surface area contributed by atoms with Crippen LogP contribution < -0.4 is 22.5 Å². The second-order valence-electron chi connectivity index (χ2n) is 4.35. The van der Waals surface area contributed by atoms with Gasteiger partial charge >= 0.3 is 33.0 Å². The van der Waals surface area contributed by atoms with Gasteiger partial charge in [-0.15, -0.1) is 0 Å². The molecule has 0 saturated heterocycles. The smallest absolute Gasteiger partial charge is 0.549 e. The van der Waals surface area contributed by atoms with Crippen molar-refractivity contribution in [3.8, 4) is 0 Å². The predicted octanol–water partition coefficient (Wildman–Crippen LogP) is -2.48. The number of hydrogen-bond donors (Lipinski definition) is 4. The van der Waals surface area contributed by atoms with Crippen LogP contribution in [0, 0.1) is 10.8 Å². The van der Waals surface area contributed by atoms with Gasteiger partial charge in [-0.25, -0.2) is 0 Å². The molecule has 10 nitrogen and oxygen atoms in total. The quantitative estimate of drug-likeness (QED) is 0.305. The Kier molecular flexibility index (Phi) is 9.40. The van der Waals surface area contributed by atoms with Crippen LogP contribution in [0.5, 0.6) is 0 Å². The van der Waals surface area contributed by atoms with Crippen molar-refractivity contribution in [1.82, 2.24) is 12.3 Å². The molecule has 0 aromatic carbocycles. The van der Waals surface area contributed by atoms with Gasteiger partial charge in [-0.3, -0.25) is 9.59 Å². The molecule has 0 aromatic heterocycles. The second kappa shape index (κ2) is 8.06. The summed E-state index contributed by atoms with van der Waals surface area (Å²) in [6.45, 7) is 0. The minimum absolute atomic E-state index is 0. The zero-order valence-corrected chi connectivity index (χ0v) is 13.2. The fourth-order valence-corrected chi connectivity index (χ4v) is 1.26. The Morgan fingerprint density at radius 2 is 0.905 bits per heavy atom. The maximum Gasteiger partial charge on any atom is 2.00 e. The molecular weight excluding hydrogens is 471 g/mol. The molecule has 0 aliphatic heterocycles. The molecule has 2 aliphatic carbocycles. The summed E-state index contributed by atoms with van der Waals surface area (Å²) in [6, 6.07) is 0. The molecule has 0 aromatic rings. The van der Waals surface area contributed by atoms with Crippen LogP contribution in [0.2, 0.25) is 0 Å². The summed E-state index contributed by atoms with van der Waals surface area (Å²) in [4.78, 5) is 40.3. The van der Waals surface area contributed by atoms with Crippen LogP contribution in [0.3, 0.4) is 0 Å². The van der Waals surface area contributed by atoms with Gasteiger partial charge in [0.15, 0.2) is 0 Å². The minimum atomic E-state index is -1.53. The normalized spacial score (nSPS) is 17.9. The second-order valence-corrected chi connectivity index (χ2v) is 4.35. The van der Waals surface area contributed by atoms with Gasteiger partial charge in [0, 0.05) is 0 Å². The SMILES string of the molecule is N.N.O=C([O-])C1(C(=O)O)CC1.O=C([O-])C1(C(=O)O)CC1.[Pt+2]. The molecule has 2 fully saturated rings. The zero-order chi connectivity index (χ0) is 14.1. The molecule has 2 saturated carbocycles. The third kappa shape index (κ3) is 4.76. The Labute approximate surface area is 134 Å². The van der Waals surface area contributed by atoms with Crippen LogP contribution in [0.4, 0.5) is 0 Å². The molecule has 8 N–H and O–H groups in total. The summed E-state index contributed by atoms with van der Waals surface area (Å²) in [6.07, 6.45) is 0.852. The number of hydrogen-bond acceptors (Lipinski definition) is 8. The van der Waals surface area contributed by atoms with Crippen LogP contribution >= 0.6 is 0 Å². The Morgan fingerprint density at radius 3 is 0.905 bits per heavy atom. The van der Waals surface area contributed by atoms with Crippen molar-refractivity contribution in [2.75, 3.05) is 0 Å². The first-order valence-corrected chi connectivity index (χ1v) is 5.09. The van der Waals surface area contributed by atoms with Crippen molar-refractivity contribution in [3.05, 3.63) is 0 Å². The molecule has 11 heteroatoms. The first-order valence-electron chi connectivity index (χ1n) is 5.09. The Balaban J connectivity index is -0.000000270. The molecule has 21 heavy (non-hydrogen) atoms. The van der Waals surface area contributed by atoms with Crippen LogP contribution in [0.15, 0.2) is 0 Å². The zero-order valence-electron chi connectivity index (χ0n) is 10.9. The topological polar surface area (TPSA) is 225 Å². The van der Waals surface area contributed by atoms with Crippen molar-refractivity contribution >= 4 is 23.9 Å². The Hall–Kier alpha value is -1.51. The van der Waals surface area contributed by atoms with Gasteiger partial charge in [0.05, 0.1) is 11.9 Å². The molecule has 0 bridgehead atoms. The van der Waals surface area contributed by atoms with E-state index >= 15 is 0 Å². The summed E-state index contributed by atoms with van der Waals surface area (Å²) in [5.74, 6) is -5.48. The molecule has 0 heterocycles. The maximum atomic E-state index is 10.1. The van der Waals surface area contributed by atoms with Crippen molar-refractivity contribution in [3.63, 3.8) is 0 Å². The standard InChI is InChI=1S/2C5H6O4.2H3N.Pt/c2*6-3(7)5(1-2-5)4(8)9;;;/h2*1-2H2,(H,6,7)(H,8,9);2*1H3;/q;;;;+2/p-2. The van der Waals surface area contributed by atoms with E-state index in [4.69, 9.17) is 10.2 Å². The summed E-state index contributed by atoms with van der Waals surface area (Å²) < 4.78 is 0. The van der Waals surface area contributed by atoms with Crippen LogP contribution in [0.25, 0.3) is 0 Å². The van der Waals surface area contributed by atoms with E-state index in [1.807, 2.05) is 0 Å². The number of carbonyl (C=O) groups is 4. The molecule has 2 rings (SSSR count). The maximum absolute atomic E-state index is 10.1. The van der Waals surface area contributed by atoms with Gasteiger partial charge in [0.1, 0.15) is 10.8 Å². The van der Waals surface area contributed by atoms with Crippen LogP contribution in [-0.4, -0.2) is 34.1 Å². The van der Waals surface area contributed by atoms with E-state index in [2.05, 4.69) is 0 Å². The van der Waals surface area contributed by atoms with Gasteiger partial charge in [0.2, 0.25) is 0 Å². The van der Waals surface area contributed by atoms with E-state index in [0.29, 0.717) is 0 Å². The average molecular weight is 487 g/mol. The first-order chi connectivity index (χ1) is 8.19. The summed E-state index contributed by atoms with van der Waals surface area (Å²) >= 11 is 0. The van der Waals surface area contributed by atoms with Crippen molar-refractivity contribution in [1.29, 1.82) is 0 Å². The fourth-order valence-electron chi connectivity index (χ4n) is 1.26. The molecular formula is C10H16N2O8Pt. The van der Waals surface area contributed by atoms with E-state index in [-0.39, 0.29) is 59.0 Å². The van der Waals surface area contributed by atoms with E-state index in [1.165, 1.54) is 0 Å². The molecule has 124 valence electrons. The third-order valence-electron chi connectivity index (χ3n) is 3.10. The summed E-state index contributed by atoms with van der Waals surface area (Å²) in [5, 5.41) is 36.6. The predicted molar refractivity (Wildman–Crippen MR) is 58.7 cm³/mol. The van der Waals surface area contributed by atoms with Crippen molar-refractivity contribution in [2.24, 2.45) is 10.8 Å². The Bertz CT molecular complexity index is 359. The monoisotopic (exact) mass is 487 g/mol. The van der Waals surface area contributed by atoms with Gasteiger partial charge in [-0.2, -0.15) is 0 Å². The van der Waals surface area contributed by atoms with Gasteiger partial charge < -0.3 is 42.3 Å². The Morgan fingerprint density at radius 1 is 0.714 bits per heavy atom. The van der Waals surface area contributed by atoms with E-state index in [1.54, 1.807) is 0 Å². The number of carboxylic acids is 4. The summed E-state index contributed by atoms with van der Waals surface area (Å²) in [5.41, 5.74) is -3.06. The van der Waals surface area contributed by atoms with E-state index < -0.39 is 34.7 Å². The largest absolute Gasteiger partial charge is 2.00 e. The number of carbonyl (C=O) groups excluding carboxylic acids is 2. The molecule has 0 radical (unpaired) electrons. The average Bonchev–Trinajstić information content (AvgIpc) is 3.13. The summed E-state index contributed by atoms with van der Waals surface area (Å²) in [7, 11) is 0. The molecule has 2 aliphatic rings. The third-order valence-corrected chi connectivity index (χ3v) is 3.10. The molecule has 0 amide bonds. The van der Waals surface area contributed by atoms with E-state index in [9.17, 15) is 29.4 Å². The van der Waals surface area contributed by atoms with E-state index in [0.717, 1.165) is 0 Å². The van der Waals surface area contributed by atoms with Crippen LogP contribution in [0.1, 0.15) is 25.7 Å². The minimum Gasteiger partial charge on any atom is -0.549 e. The molecule has 0 spiro atoms. The van der Waals surface area contributed by atoms with Gasteiger partial charge in [0.25, 0.3) is 0 Å². The van der Waals surface area contributed by atoms with Gasteiger partial charge in [-0.05, 0) is 25.7 Å². The van der Waals surface area contributed by atoms with Crippen molar-refractivity contribution in [2.45, 2.75) is 25.7 Å². The van der Waals surface area contributed by atoms with Crippen molar-refractivity contribution < 1.29 is 60.7 Å². The number of rotatable bonds is 4.